The highest BCUT2D eigenvalue weighted by Crippen LogP contribution is 2.44. The standard InChI is InChI=1S/C27H37NO4Si/c1-18(2)25(24(16-29)32-33(6,7)27(3,4)5)28-26(30)31-17-23-21-14-10-8-12-19(21)20-13-9-11-15-22(20)23/h8-16,18,23-25H,17H2,1-7H3,(H,28,30). The molecule has 1 N–H and O–H groups in total. The minimum absolute atomic E-state index is 0.00505. The number of benzene rings is 2. The van der Waals surface area contributed by atoms with Crippen LogP contribution in [0, 0.1) is 5.92 Å². The summed E-state index contributed by atoms with van der Waals surface area (Å²) in [6, 6.07) is 16.0. The van der Waals surface area contributed by atoms with Crippen molar-refractivity contribution in [3.63, 3.8) is 0 Å². The molecule has 0 fully saturated rings. The van der Waals surface area contributed by atoms with E-state index in [1.54, 1.807) is 0 Å². The second-order valence-corrected chi connectivity index (χ2v) is 15.5. The average Bonchev–Trinajstić information content (AvgIpc) is 3.07. The Morgan fingerprint density at radius 1 is 1.03 bits per heavy atom. The number of ether oxygens (including phenoxy) is 1. The third-order valence-electron chi connectivity index (χ3n) is 7.07. The molecule has 0 radical (unpaired) electrons. The Labute approximate surface area is 199 Å². The maximum absolute atomic E-state index is 12.8. The van der Waals surface area contributed by atoms with Gasteiger partial charge in [-0.05, 0) is 46.3 Å². The van der Waals surface area contributed by atoms with Crippen LogP contribution in [0.15, 0.2) is 48.5 Å². The molecule has 5 nitrogen and oxygen atoms in total. The van der Waals surface area contributed by atoms with Crippen molar-refractivity contribution in [1.29, 1.82) is 0 Å². The summed E-state index contributed by atoms with van der Waals surface area (Å²) in [5.74, 6) is -0.00329. The number of hydrogen-bond donors (Lipinski definition) is 1. The zero-order valence-corrected chi connectivity index (χ0v) is 21.8. The van der Waals surface area contributed by atoms with Crippen LogP contribution in [-0.2, 0) is 14.0 Å². The second kappa shape index (κ2) is 9.81. The van der Waals surface area contributed by atoms with Crippen LogP contribution in [0.2, 0.25) is 18.1 Å². The van der Waals surface area contributed by atoms with Gasteiger partial charge >= 0.3 is 6.09 Å². The van der Waals surface area contributed by atoms with E-state index in [0.717, 1.165) is 6.29 Å². The Morgan fingerprint density at radius 2 is 1.55 bits per heavy atom. The molecular weight excluding hydrogens is 430 g/mol. The molecule has 1 aliphatic carbocycles. The lowest BCUT2D eigenvalue weighted by molar-refractivity contribution is -0.115. The topological polar surface area (TPSA) is 64.6 Å². The predicted molar refractivity (Wildman–Crippen MR) is 135 cm³/mol. The third kappa shape index (κ3) is 5.39. The first-order chi connectivity index (χ1) is 15.5. The number of carbonyl (C=O) groups is 2. The zero-order chi connectivity index (χ0) is 24.4. The van der Waals surface area contributed by atoms with Gasteiger partial charge in [0.1, 0.15) is 19.0 Å². The van der Waals surface area contributed by atoms with Crippen LogP contribution < -0.4 is 5.32 Å². The fraction of sp³-hybridized carbons (Fsp3) is 0.481. The summed E-state index contributed by atoms with van der Waals surface area (Å²) in [4.78, 5) is 24.8. The molecule has 2 unspecified atom stereocenters. The predicted octanol–water partition coefficient (Wildman–Crippen LogP) is 6.14. The van der Waals surface area contributed by atoms with Gasteiger partial charge in [0.05, 0.1) is 6.04 Å². The number of nitrogens with one attached hydrogen (secondary N) is 1. The van der Waals surface area contributed by atoms with E-state index in [9.17, 15) is 9.59 Å². The lowest BCUT2D eigenvalue weighted by Gasteiger charge is -2.40. The van der Waals surface area contributed by atoms with E-state index >= 15 is 0 Å². The zero-order valence-electron chi connectivity index (χ0n) is 20.8. The third-order valence-corrected chi connectivity index (χ3v) is 11.5. The second-order valence-electron chi connectivity index (χ2n) is 10.7. The molecule has 1 amide bonds. The van der Waals surface area contributed by atoms with Gasteiger partial charge in [-0.25, -0.2) is 4.79 Å². The molecule has 33 heavy (non-hydrogen) atoms. The average molecular weight is 468 g/mol. The molecule has 3 rings (SSSR count). The molecule has 0 aliphatic heterocycles. The maximum atomic E-state index is 12.8. The van der Waals surface area contributed by atoms with Crippen molar-refractivity contribution in [3.05, 3.63) is 59.7 Å². The first-order valence-corrected chi connectivity index (χ1v) is 14.6. The first-order valence-electron chi connectivity index (χ1n) is 11.7. The molecule has 0 spiro atoms. The van der Waals surface area contributed by atoms with Gasteiger partial charge in [0, 0.05) is 5.92 Å². The minimum Gasteiger partial charge on any atom is -0.449 e. The van der Waals surface area contributed by atoms with Crippen LogP contribution in [-0.4, -0.2) is 39.4 Å². The fourth-order valence-corrected chi connectivity index (χ4v) is 5.34. The van der Waals surface area contributed by atoms with Gasteiger partial charge in [0.25, 0.3) is 0 Å². The minimum atomic E-state index is -2.19. The first kappa shape index (κ1) is 25.2. The van der Waals surface area contributed by atoms with Crippen LogP contribution in [0.3, 0.4) is 0 Å². The fourth-order valence-electron chi connectivity index (χ4n) is 4.11. The molecule has 178 valence electrons. The molecule has 0 heterocycles. The number of alkyl carbamates (subject to hydrolysis) is 1. The summed E-state index contributed by atoms with van der Waals surface area (Å²) < 4.78 is 12.0. The van der Waals surface area contributed by atoms with Crippen LogP contribution in [0.4, 0.5) is 4.79 Å². The number of amides is 1. The van der Waals surface area contributed by atoms with Crippen LogP contribution in [0.1, 0.15) is 51.7 Å². The van der Waals surface area contributed by atoms with Crippen molar-refractivity contribution >= 4 is 20.7 Å². The smallest absolute Gasteiger partial charge is 0.407 e. The van der Waals surface area contributed by atoms with E-state index < -0.39 is 26.6 Å². The van der Waals surface area contributed by atoms with Crippen LogP contribution in [0.5, 0.6) is 0 Å². The highest BCUT2D eigenvalue weighted by molar-refractivity contribution is 6.74. The summed E-state index contributed by atoms with van der Waals surface area (Å²) in [7, 11) is -2.19. The van der Waals surface area contributed by atoms with Crippen molar-refractivity contribution in [1.82, 2.24) is 5.32 Å². The molecule has 0 aromatic heterocycles. The van der Waals surface area contributed by atoms with Gasteiger partial charge in [-0.15, -0.1) is 0 Å². The number of rotatable bonds is 8. The largest absolute Gasteiger partial charge is 0.449 e. The van der Waals surface area contributed by atoms with Crippen molar-refractivity contribution in [2.45, 2.75) is 70.8 Å². The number of carbonyl (C=O) groups excluding carboxylic acids is 2. The normalized spacial score (nSPS) is 15.5. The molecule has 1 aliphatic rings. The van der Waals surface area contributed by atoms with E-state index in [2.05, 4.69) is 63.4 Å². The Hall–Kier alpha value is -2.44. The summed E-state index contributed by atoms with van der Waals surface area (Å²) >= 11 is 0. The Balaban J connectivity index is 1.70. The number of fused-ring (bicyclic) bond motifs is 3. The highest BCUT2D eigenvalue weighted by Gasteiger charge is 2.41. The number of hydrogen-bond acceptors (Lipinski definition) is 4. The van der Waals surface area contributed by atoms with E-state index in [0.29, 0.717) is 0 Å². The highest BCUT2D eigenvalue weighted by atomic mass is 28.4. The molecular formula is C27H37NO4Si. The monoisotopic (exact) mass is 467 g/mol. The van der Waals surface area contributed by atoms with Crippen molar-refractivity contribution in [2.75, 3.05) is 6.61 Å². The summed E-state index contributed by atoms with van der Waals surface area (Å²) in [5, 5.41) is 2.88. The molecule has 2 aromatic carbocycles. The lowest BCUT2D eigenvalue weighted by Crippen LogP contribution is -2.54. The van der Waals surface area contributed by atoms with Crippen LogP contribution in [0.25, 0.3) is 11.1 Å². The molecule has 2 atom stereocenters. The van der Waals surface area contributed by atoms with Gasteiger partial charge in [-0.2, -0.15) is 0 Å². The Bertz CT molecular complexity index is 950. The molecule has 2 aromatic rings. The molecule has 0 saturated carbocycles. The molecule has 6 heteroatoms. The summed E-state index contributed by atoms with van der Waals surface area (Å²) in [6.07, 6.45) is -0.429. The Kier molecular flexibility index (Phi) is 7.49. The molecule has 0 bridgehead atoms. The molecule has 0 saturated heterocycles. The van der Waals surface area contributed by atoms with E-state index in [-0.39, 0.29) is 23.5 Å². The maximum Gasteiger partial charge on any atom is 0.407 e. The summed E-state index contributed by atoms with van der Waals surface area (Å²) in [5.41, 5.74) is 4.70. The van der Waals surface area contributed by atoms with Crippen molar-refractivity contribution < 1.29 is 18.8 Å². The quantitative estimate of drug-likeness (QED) is 0.374. The lowest BCUT2D eigenvalue weighted by atomic mass is 9.98. The van der Waals surface area contributed by atoms with Gasteiger partial charge in [-0.3, -0.25) is 0 Å². The van der Waals surface area contributed by atoms with E-state index in [1.807, 2.05) is 38.1 Å². The Morgan fingerprint density at radius 3 is 2.00 bits per heavy atom. The summed E-state index contributed by atoms with van der Waals surface area (Å²) in [6.45, 7) is 14.8. The van der Waals surface area contributed by atoms with Crippen molar-refractivity contribution in [2.24, 2.45) is 5.92 Å². The van der Waals surface area contributed by atoms with Crippen molar-refractivity contribution in [3.8, 4) is 11.1 Å². The SMILES string of the molecule is CC(C)C(NC(=O)OCC1c2ccccc2-c2ccccc21)C(C=O)O[Si](C)(C)C(C)(C)C. The number of aldehydes is 1. The van der Waals surface area contributed by atoms with E-state index in [1.165, 1.54) is 22.3 Å². The van der Waals surface area contributed by atoms with Gasteiger partial charge in [-0.1, -0.05) is 83.1 Å². The van der Waals surface area contributed by atoms with Gasteiger partial charge in [0.2, 0.25) is 0 Å². The van der Waals surface area contributed by atoms with Crippen LogP contribution >= 0.6 is 0 Å². The van der Waals surface area contributed by atoms with Gasteiger partial charge < -0.3 is 19.3 Å². The van der Waals surface area contributed by atoms with Gasteiger partial charge in [0.15, 0.2) is 8.32 Å². The van der Waals surface area contributed by atoms with E-state index in [4.69, 9.17) is 9.16 Å².